The molecule has 0 unspecified atom stereocenters. The third-order valence-corrected chi connectivity index (χ3v) is 5.34. The number of tetrazole rings is 1. The Morgan fingerprint density at radius 2 is 1.86 bits per heavy atom. The van der Waals surface area contributed by atoms with E-state index in [1.807, 2.05) is 55.8 Å². The van der Waals surface area contributed by atoms with Crippen LogP contribution in [0.3, 0.4) is 0 Å². The molecule has 2 aromatic carbocycles. The monoisotopic (exact) mass is 408 g/mol. The maximum absolute atomic E-state index is 12.3. The fourth-order valence-electron chi connectivity index (χ4n) is 2.95. The van der Waals surface area contributed by atoms with Gasteiger partial charge in [-0.2, -0.15) is 9.36 Å². The largest absolute Gasteiger partial charge is 0.472 e. The van der Waals surface area contributed by atoms with Crippen molar-refractivity contribution in [1.82, 2.24) is 29.6 Å². The number of benzene rings is 2. The number of hydrogen-bond donors (Lipinski definition) is 0. The minimum Gasteiger partial charge on any atom is -0.472 e. The molecule has 0 bridgehead atoms. The van der Waals surface area contributed by atoms with Crippen LogP contribution in [0.2, 0.25) is 0 Å². The van der Waals surface area contributed by atoms with Gasteiger partial charge in [0, 0.05) is 29.8 Å². The highest BCUT2D eigenvalue weighted by molar-refractivity contribution is 7.98. The number of aromatic nitrogens is 6. The first-order valence-electron chi connectivity index (χ1n) is 8.97. The van der Waals surface area contributed by atoms with Gasteiger partial charge in [-0.25, -0.2) is 9.48 Å². The highest BCUT2D eigenvalue weighted by atomic mass is 32.2. The van der Waals surface area contributed by atoms with Crippen LogP contribution in [-0.4, -0.2) is 35.8 Å². The molecular weight excluding hydrogens is 388 g/mol. The minimum atomic E-state index is -0.310. The van der Waals surface area contributed by atoms with Gasteiger partial charge in [0.25, 0.3) is 0 Å². The predicted octanol–water partition coefficient (Wildman–Crippen LogP) is 2.76. The summed E-state index contributed by atoms with van der Waals surface area (Å²) < 4.78 is 10.2. The Kier molecular flexibility index (Phi) is 5.22. The molecule has 0 amide bonds. The molecule has 0 aliphatic heterocycles. The van der Waals surface area contributed by atoms with E-state index >= 15 is 0 Å². The molecule has 8 nitrogen and oxygen atoms in total. The van der Waals surface area contributed by atoms with Crippen molar-refractivity contribution in [2.75, 3.05) is 6.26 Å². The van der Waals surface area contributed by atoms with Crippen LogP contribution in [0.5, 0.6) is 5.88 Å². The Morgan fingerprint density at radius 3 is 2.55 bits per heavy atom. The summed E-state index contributed by atoms with van der Waals surface area (Å²) in [7, 11) is 1.57. The Balaban J connectivity index is 1.56. The van der Waals surface area contributed by atoms with Gasteiger partial charge < -0.3 is 4.74 Å². The molecule has 0 aliphatic rings. The molecule has 0 atom stereocenters. The third kappa shape index (κ3) is 3.81. The summed E-state index contributed by atoms with van der Waals surface area (Å²) in [5, 5.41) is 12.2. The second kappa shape index (κ2) is 7.96. The first kappa shape index (κ1) is 19.0. The molecule has 0 N–H and O–H groups in total. The van der Waals surface area contributed by atoms with Crippen LogP contribution in [0, 0.1) is 6.92 Å². The van der Waals surface area contributed by atoms with Gasteiger partial charge >= 0.3 is 5.69 Å². The average molecular weight is 408 g/mol. The molecule has 0 fully saturated rings. The summed E-state index contributed by atoms with van der Waals surface area (Å²) in [6.07, 6.45) is 3.90. The van der Waals surface area contributed by atoms with E-state index in [1.54, 1.807) is 23.5 Å². The summed E-state index contributed by atoms with van der Waals surface area (Å²) in [5.41, 5.74) is 3.14. The van der Waals surface area contributed by atoms with Gasteiger partial charge in [-0.3, -0.25) is 0 Å². The minimum absolute atomic E-state index is 0.257. The van der Waals surface area contributed by atoms with Crippen molar-refractivity contribution in [3.05, 3.63) is 76.3 Å². The van der Waals surface area contributed by atoms with Crippen LogP contribution in [0.25, 0.3) is 11.4 Å². The normalized spacial score (nSPS) is 11.0. The molecular formula is C20H20N6O2S. The fourth-order valence-corrected chi connectivity index (χ4v) is 3.36. The molecule has 2 heterocycles. The number of nitrogens with zero attached hydrogens (tertiary/aromatic N) is 6. The van der Waals surface area contributed by atoms with Crippen LogP contribution in [0.1, 0.15) is 11.1 Å². The van der Waals surface area contributed by atoms with E-state index in [2.05, 4.69) is 27.7 Å². The zero-order valence-corrected chi connectivity index (χ0v) is 17.1. The van der Waals surface area contributed by atoms with Crippen molar-refractivity contribution in [1.29, 1.82) is 0 Å². The van der Waals surface area contributed by atoms with Crippen molar-refractivity contribution < 1.29 is 4.74 Å². The second-order valence-electron chi connectivity index (χ2n) is 6.45. The summed E-state index contributed by atoms with van der Waals surface area (Å²) in [4.78, 5) is 13.5. The maximum atomic E-state index is 12.3. The number of ether oxygens (including phenoxy) is 1. The molecule has 4 aromatic rings. The fraction of sp³-hybridized carbons (Fsp3) is 0.200. The zero-order chi connectivity index (χ0) is 20.4. The van der Waals surface area contributed by atoms with Crippen molar-refractivity contribution in [2.24, 2.45) is 7.05 Å². The van der Waals surface area contributed by atoms with Crippen molar-refractivity contribution in [3.8, 4) is 17.3 Å². The van der Waals surface area contributed by atoms with E-state index in [0.717, 1.165) is 16.8 Å². The van der Waals surface area contributed by atoms with E-state index in [-0.39, 0.29) is 12.3 Å². The third-order valence-electron chi connectivity index (χ3n) is 4.60. The van der Waals surface area contributed by atoms with Gasteiger partial charge in [0.1, 0.15) is 6.61 Å². The lowest BCUT2D eigenvalue weighted by atomic mass is 10.1. The lowest BCUT2D eigenvalue weighted by Gasteiger charge is -2.11. The van der Waals surface area contributed by atoms with E-state index in [4.69, 9.17) is 4.74 Å². The molecule has 0 saturated carbocycles. The average Bonchev–Trinajstić information content (AvgIpc) is 3.34. The Bertz CT molecular complexity index is 1190. The van der Waals surface area contributed by atoms with Crippen LogP contribution < -0.4 is 10.4 Å². The van der Waals surface area contributed by atoms with Gasteiger partial charge in [-0.15, -0.1) is 16.9 Å². The van der Waals surface area contributed by atoms with Gasteiger partial charge in [0.05, 0.1) is 11.4 Å². The molecule has 0 spiro atoms. The molecule has 2 aromatic heterocycles. The standard InChI is InChI=1S/C20H20N6O2S/c1-14-5-4-6-18(26-20(27)24(2)22-23-26)17(14)13-28-19-11-12-25(21-19)15-7-9-16(29-3)10-8-15/h4-12H,13H2,1-3H3. The number of hydrogen-bond acceptors (Lipinski definition) is 6. The Morgan fingerprint density at radius 1 is 1.07 bits per heavy atom. The first-order valence-corrected chi connectivity index (χ1v) is 10.2. The van der Waals surface area contributed by atoms with Crippen LogP contribution >= 0.6 is 11.8 Å². The molecule has 148 valence electrons. The van der Waals surface area contributed by atoms with Crippen LogP contribution in [-0.2, 0) is 13.7 Å². The first-order chi connectivity index (χ1) is 14.1. The molecule has 0 saturated heterocycles. The Hall–Kier alpha value is -3.33. The molecule has 0 radical (unpaired) electrons. The zero-order valence-electron chi connectivity index (χ0n) is 16.3. The van der Waals surface area contributed by atoms with E-state index in [9.17, 15) is 4.79 Å². The van der Waals surface area contributed by atoms with E-state index in [0.29, 0.717) is 11.6 Å². The number of rotatable bonds is 6. The van der Waals surface area contributed by atoms with Crippen molar-refractivity contribution >= 4 is 11.8 Å². The summed E-state index contributed by atoms with van der Waals surface area (Å²) in [6.45, 7) is 2.23. The quantitative estimate of drug-likeness (QED) is 0.457. The summed E-state index contributed by atoms with van der Waals surface area (Å²) >= 11 is 1.70. The van der Waals surface area contributed by atoms with Gasteiger partial charge in [0.15, 0.2) is 0 Å². The maximum Gasteiger partial charge on any atom is 0.368 e. The summed E-state index contributed by atoms with van der Waals surface area (Å²) in [6, 6.07) is 15.6. The van der Waals surface area contributed by atoms with Crippen molar-refractivity contribution in [3.63, 3.8) is 0 Å². The number of aryl methyl sites for hydroxylation is 2. The second-order valence-corrected chi connectivity index (χ2v) is 7.33. The highest BCUT2D eigenvalue weighted by Gasteiger charge is 2.14. The SMILES string of the molecule is CSc1ccc(-n2ccc(OCc3c(C)cccc3-n3nnn(C)c3=O)n2)cc1. The molecule has 0 aliphatic carbocycles. The summed E-state index contributed by atoms with van der Waals surface area (Å²) in [5.74, 6) is 0.500. The van der Waals surface area contributed by atoms with Crippen LogP contribution in [0.4, 0.5) is 0 Å². The predicted molar refractivity (Wildman–Crippen MR) is 111 cm³/mol. The van der Waals surface area contributed by atoms with Crippen LogP contribution in [0.15, 0.2) is 64.4 Å². The van der Waals surface area contributed by atoms with Crippen molar-refractivity contribution in [2.45, 2.75) is 18.4 Å². The molecule has 29 heavy (non-hydrogen) atoms. The van der Waals surface area contributed by atoms with Gasteiger partial charge in [0.2, 0.25) is 5.88 Å². The van der Waals surface area contributed by atoms with Gasteiger partial charge in [-0.05, 0) is 59.5 Å². The topological polar surface area (TPSA) is 79.8 Å². The van der Waals surface area contributed by atoms with E-state index < -0.39 is 0 Å². The molecule has 4 rings (SSSR count). The lowest BCUT2D eigenvalue weighted by Crippen LogP contribution is -2.23. The van der Waals surface area contributed by atoms with E-state index in [1.165, 1.54) is 14.3 Å². The Labute approximate surface area is 171 Å². The smallest absolute Gasteiger partial charge is 0.368 e. The van der Waals surface area contributed by atoms with Gasteiger partial charge in [-0.1, -0.05) is 12.1 Å². The highest BCUT2D eigenvalue weighted by Crippen LogP contribution is 2.21. The lowest BCUT2D eigenvalue weighted by molar-refractivity contribution is 0.290. The molecule has 9 heteroatoms. The number of thioether (sulfide) groups is 1.